The van der Waals surface area contributed by atoms with E-state index < -0.39 is 0 Å². The van der Waals surface area contributed by atoms with Gasteiger partial charge in [0.1, 0.15) is 6.04 Å². The molecule has 0 aliphatic heterocycles. The SMILES string of the molecule is CCC[NH2+][C@@H](C)c1nc2ccccc2c(=O)n1C. The van der Waals surface area contributed by atoms with E-state index in [9.17, 15) is 4.79 Å². The second-order valence-corrected chi connectivity index (χ2v) is 4.66. The molecule has 4 nitrogen and oxygen atoms in total. The second kappa shape index (κ2) is 5.31. The zero-order valence-electron chi connectivity index (χ0n) is 11.2. The minimum atomic E-state index is 0.0346. The number of fused-ring (bicyclic) bond motifs is 1. The number of quaternary nitrogens is 1. The lowest BCUT2D eigenvalue weighted by Crippen LogP contribution is -2.85. The van der Waals surface area contributed by atoms with Gasteiger partial charge in [-0.1, -0.05) is 19.1 Å². The number of hydrogen-bond acceptors (Lipinski definition) is 2. The number of benzene rings is 1. The molecule has 0 spiro atoms. The minimum absolute atomic E-state index is 0.0346. The number of aromatic nitrogens is 2. The van der Waals surface area contributed by atoms with E-state index in [0.29, 0.717) is 5.39 Å². The van der Waals surface area contributed by atoms with Crippen molar-refractivity contribution in [2.75, 3.05) is 6.54 Å². The van der Waals surface area contributed by atoms with Crippen LogP contribution in [0.1, 0.15) is 32.1 Å². The van der Waals surface area contributed by atoms with Crippen molar-refractivity contribution >= 4 is 10.9 Å². The number of nitrogens with two attached hydrogens (primary N) is 1. The number of nitrogens with zero attached hydrogens (tertiary/aromatic N) is 2. The fraction of sp³-hybridized carbons (Fsp3) is 0.429. The van der Waals surface area contributed by atoms with Gasteiger partial charge in [0.2, 0.25) is 0 Å². The second-order valence-electron chi connectivity index (χ2n) is 4.66. The predicted molar refractivity (Wildman–Crippen MR) is 72.5 cm³/mol. The van der Waals surface area contributed by atoms with Gasteiger partial charge in [-0.05, 0) is 25.5 Å². The van der Waals surface area contributed by atoms with Crippen molar-refractivity contribution in [2.24, 2.45) is 7.05 Å². The molecule has 0 aliphatic rings. The molecule has 1 atom stereocenters. The van der Waals surface area contributed by atoms with Crippen LogP contribution < -0.4 is 10.9 Å². The van der Waals surface area contributed by atoms with Crippen molar-refractivity contribution in [3.63, 3.8) is 0 Å². The summed E-state index contributed by atoms with van der Waals surface area (Å²) in [5.74, 6) is 0.840. The molecule has 0 amide bonds. The Balaban J connectivity index is 2.51. The summed E-state index contributed by atoms with van der Waals surface area (Å²) in [4.78, 5) is 16.9. The molecule has 0 fully saturated rings. The Bertz CT molecular complexity index is 604. The van der Waals surface area contributed by atoms with Crippen LogP contribution in [0.4, 0.5) is 0 Å². The molecule has 0 bridgehead atoms. The molecule has 1 heterocycles. The normalized spacial score (nSPS) is 12.8. The summed E-state index contributed by atoms with van der Waals surface area (Å²) in [5.41, 5.74) is 0.819. The van der Waals surface area contributed by atoms with Gasteiger partial charge in [0, 0.05) is 7.05 Å². The van der Waals surface area contributed by atoms with E-state index in [1.807, 2.05) is 24.3 Å². The molecule has 1 aromatic heterocycles. The van der Waals surface area contributed by atoms with Gasteiger partial charge in [-0.15, -0.1) is 0 Å². The molecule has 96 valence electrons. The van der Waals surface area contributed by atoms with E-state index in [4.69, 9.17) is 0 Å². The molecule has 0 radical (unpaired) electrons. The lowest BCUT2D eigenvalue weighted by Gasteiger charge is -2.14. The highest BCUT2D eigenvalue weighted by Gasteiger charge is 2.15. The number of rotatable bonds is 4. The summed E-state index contributed by atoms with van der Waals surface area (Å²) >= 11 is 0. The van der Waals surface area contributed by atoms with Crippen molar-refractivity contribution in [1.29, 1.82) is 0 Å². The highest BCUT2D eigenvalue weighted by molar-refractivity contribution is 5.77. The van der Waals surface area contributed by atoms with E-state index in [1.165, 1.54) is 0 Å². The Morgan fingerprint density at radius 2 is 2.11 bits per heavy atom. The van der Waals surface area contributed by atoms with E-state index >= 15 is 0 Å². The molecule has 0 saturated heterocycles. The Labute approximate surface area is 107 Å². The Morgan fingerprint density at radius 3 is 2.83 bits per heavy atom. The molecule has 0 aliphatic carbocycles. The van der Waals surface area contributed by atoms with Gasteiger partial charge in [-0.25, -0.2) is 4.98 Å². The van der Waals surface area contributed by atoms with Crippen LogP contribution in [0.25, 0.3) is 10.9 Å². The Kier molecular flexibility index (Phi) is 3.77. The monoisotopic (exact) mass is 246 g/mol. The van der Waals surface area contributed by atoms with Gasteiger partial charge in [0.15, 0.2) is 5.82 Å². The van der Waals surface area contributed by atoms with Gasteiger partial charge in [-0.3, -0.25) is 9.36 Å². The van der Waals surface area contributed by atoms with Gasteiger partial charge in [-0.2, -0.15) is 0 Å². The van der Waals surface area contributed by atoms with Crippen molar-refractivity contribution in [3.8, 4) is 0 Å². The zero-order valence-corrected chi connectivity index (χ0v) is 11.2. The third-order valence-electron chi connectivity index (χ3n) is 3.23. The average Bonchev–Trinajstić information content (AvgIpc) is 2.40. The molecule has 0 saturated carbocycles. The molecular formula is C14H20N3O+. The predicted octanol–water partition coefficient (Wildman–Crippen LogP) is 0.968. The first-order chi connectivity index (χ1) is 8.65. The third-order valence-corrected chi connectivity index (χ3v) is 3.23. The fourth-order valence-corrected chi connectivity index (χ4v) is 2.16. The maximum atomic E-state index is 12.2. The molecule has 2 aromatic rings. The number of para-hydroxylation sites is 1. The van der Waals surface area contributed by atoms with Crippen molar-refractivity contribution in [2.45, 2.75) is 26.3 Å². The lowest BCUT2D eigenvalue weighted by molar-refractivity contribution is -0.694. The van der Waals surface area contributed by atoms with Gasteiger partial charge >= 0.3 is 0 Å². The Morgan fingerprint density at radius 1 is 1.39 bits per heavy atom. The first-order valence-electron chi connectivity index (χ1n) is 6.44. The molecule has 0 unspecified atom stereocenters. The topological polar surface area (TPSA) is 51.5 Å². The van der Waals surface area contributed by atoms with Crippen LogP contribution in [-0.2, 0) is 7.05 Å². The zero-order chi connectivity index (χ0) is 13.1. The molecule has 2 N–H and O–H groups in total. The van der Waals surface area contributed by atoms with Crippen molar-refractivity contribution in [1.82, 2.24) is 9.55 Å². The van der Waals surface area contributed by atoms with Crippen LogP contribution in [0.15, 0.2) is 29.1 Å². The van der Waals surface area contributed by atoms with Gasteiger partial charge in [0.25, 0.3) is 5.56 Å². The summed E-state index contributed by atoms with van der Waals surface area (Å²) in [5, 5.41) is 2.91. The van der Waals surface area contributed by atoms with E-state index in [0.717, 1.165) is 24.3 Å². The summed E-state index contributed by atoms with van der Waals surface area (Å²) in [7, 11) is 1.80. The maximum Gasteiger partial charge on any atom is 0.261 e. The first kappa shape index (κ1) is 12.8. The van der Waals surface area contributed by atoms with Crippen LogP contribution in [0.5, 0.6) is 0 Å². The van der Waals surface area contributed by atoms with Crippen LogP contribution in [0.2, 0.25) is 0 Å². The van der Waals surface area contributed by atoms with Crippen LogP contribution in [0.3, 0.4) is 0 Å². The highest BCUT2D eigenvalue weighted by Crippen LogP contribution is 2.10. The van der Waals surface area contributed by atoms with Crippen LogP contribution >= 0.6 is 0 Å². The summed E-state index contributed by atoms with van der Waals surface area (Å²) in [6.07, 6.45) is 1.12. The minimum Gasteiger partial charge on any atom is -0.338 e. The maximum absolute atomic E-state index is 12.2. The van der Waals surface area contributed by atoms with Gasteiger partial charge < -0.3 is 5.32 Å². The van der Waals surface area contributed by atoms with Crippen LogP contribution in [-0.4, -0.2) is 16.1 Å². The van der Waals surface area contributed by atoms with E-state index in [1.54, 1.807) is 11.6 Å². The average molecular weight is 246 g/mol. The smallest absolute Gasteiger partial charge is 0.261 e. The van der Waals surface area contributed by atoms with Crippen LogP contribution in [0, 0.1) is 0 Å². The molecule has 2 rings (SSSR count). The summed E-state index contributed by atoms with van der Waals surface area (Å²) < 4.78 is 1.67. The van der Waals surface area contributed by atoms with Crippen molar-refractivity contribution < 1.29 is 5.32 Å². The lowest BCUT2D eigenvalue weighted by atomic mass is 10.2. The number of hydrogen-bond donors (Lipinski definition) is 1. The molecular weight excluding hydrogens is 226 g/mol. The van der Waals surface area contributed by atoms with E-state index in [-0.39, 0.29) is 11.6 Å². The standard InChI is InChI=1S/C14H19N3O/c1-4-9-15-10(2)13-16-12-8-6-5-7-11(12)14(18)17(13)3/h5-8,10,15H,4,9H2,1-3H3/p+1/t10-/m0/s1. The third kappa shape index (κ3) is 2.29. The molecule has 1 aromatic carbocycles. The Hall–Kier alpha value is -1.68. The summed E-state index contributed by atoms with van der Waals surface area (Å²) in [6.45, 7) is 5.28. The fourth-order valence-electron chi connectivity index (χ4n) is 2.16. The van der Waals surface area contributed by atoms with Crippen molar-refractivity contribution in [3.05, 3.63) is 40.4 Å². The first-order valence-corrected chi connectivity index (χ1v) is 6.44. The largest absolute Gasteiger partial charge is 0.338 e. The highest BCUT2D eigenvalue weighted by atomic mass is 16.1. The summed E-state index contributed by atoms with van der Waals surface area (Å²) in [6, 6.07) is 7.71. The van der Waals surface area contributed by atoms with Gasteiger partial charge in [0.05, 0.1) is 17.4 Å². The molecule has 18 heavy (non-hydrogen) atoms. The molecule has 4 heteroatoms. The van der Waals surface area contributed by atoms with E-state index in [2.05, 4.69) is 24.1 Å². The quantitative estimate of drug-likeness (QED) is 0.874.